The topological polar surface area (TPSA) is 82.7 Å². The molecule has 1 atom stereocenters. The fraction of sp³-hybridized carbons (Fsp3) is 0.350. The van der Waals surface area contributed by atoms with E-state index in [9.17, 15) is 9.18 Å². The molecule has 5 rings (SSSR count). The average Bonchev–Trinajstić information content (AvgIpc) is 3.08. The second kappa shape index (κ2) is 5.28. The van der Waals surface area contributed by atoms with Crippen LogP contribution in [0.2, 0.25) is 0 Å². The van der Waals surface area contributed by atoms with Crippen LogP contribution in [0.5, 0.6) is 0 Å². The minimum absolute atomic E-state index is 0.0434. The SMILES string of the molecule is Cc1nc2ccc(F)c(-c3cc4c([nH]3)C(C)NC4=O)c2nc1NC1(C)CC1. The Balaban J connectivity index is 1.70. The third-order valence-corrected chi connectivity index (χ3v) is 5.52. The molecule has 1 aromatic carbocycles. The molecular formula is C20H20FN5O. The number of nitrogens with zero attached hydrogens (tertiary/aromatic N) is 2. The van der Waals surface area contributed by atoms with Crippen LogP contribution in [-0.4, -0.2) is 26.4 Å². The molecule has 3 heterocycles. The number of benzene rings is 1. The summed E-state index contributed by atoms with van der Waals surface area (Å²) in [6, 6.07) is 4.61. The van der Waals surface area contributed by atoms with Gasteiger partial charge in [0.1, 0.15) is 17.2 Å². The van der Waals surface area contributed by atoms with Crippen molar-refractivity contribution < 1.29 is 9.18 Å². The van der Waals surface area contributed by atoms with Crippen molar-refractivity contribution in [1.82, 2.24) is 20.3 Å². The maximum absolute atomic E-state index is 14.8. The molecule has 1 aliphatic heterocycles. The highest BCUT2D eigenvalue weighted by molar-refractivity contribution is 6.01. The molecule has 0 spiro atoms. The van der Waals surface area contributed by atoms with Gasteiger partial charge in [0, 0.05) is 5.54 Å². The van der Waals surface area contributed by atoms with Crippen LogP contribution in [0.4, 0.5) is 10.2 Å². The average molecular weight is 365 g/mol. The number of carbonyl (C=O) groups excluding carboxylic acids is 1. The summed E-state index contributed by atoms with van der Waals surface area (Å²) in [4.78, 5) is 24.6. The number of H-pyrrole nitrogens is 1. The van der Waals surface area contributed by atoms with Gasteiger partial charge in [-0.15, -0.1) is 0 Å². The second-order valence-electron chi connectivity index (χ2n) is 7.84. The Bertz CT molecular complexity index is 1120. The van der Waals surface area contributed by atoms with E-state index in [-0.39, 0.29) is 17.5 Å². The number of aromatic amines is 1. The van der Waals surface area contributed by atoms with Gasteiger partial charge >= 0.3 is 0 Å². The normalized spacial score (nSPS) is 19.9. The fourth-order valence-electron chi connectivity index (χ4n) is 3.64. The van der Waals surface area contributed by atoms with E-state index in [1.165, 1.54) is 6.07 Å². The van der Waals surface area contributed by atoms with Crippen LogP contribution in [0.15, 0.2) is 18.2 Å². The van der Waals surface area contributed by atoms with E-state index in [0.29, 0.717) is 33.7 Å². The van der Waals surface area contributed by atoms with E-state index >= 15 is 0 Å². The Morgan fingerprint density at radius 1 is 1.30 bits per heavy atom. The lowest BCUT2D eigenvalue weighted by Gasteiger charge is -2.16. The summed E-state index contributed by atoms with van der Waals surface area (Å²) in [5.41, 5.74) is 4.16. The van der Waals surface area contributed by atoms with Gasteiger partial charge in [0.15, 0.2) is 0 Å². The number of anilines is 1. The van der Waals surface area contributed by atoms with Gasteiger partial charge in [-0.05, 0) is 51.8 Å². The predicted octanol–water partition coefficient (Wildman–Crippen LogP) is 3.84. The highest BCUT2D eigenvalue weighted by Crippen LogP contribution is 2.39. The zero-order valence-electron chi connectivity index (χ0n) is 15.4. The largest absolute Gasteiger partial charge is 0.363 e. The number of fused-ring (bicyclic) bond motifs is 2. The quantitative estimate of drug-likeness (QED) is 0.659. The Morgan fingerprint density at radius 2 is 2.07 bits per heavy atom. The monoisotopic (exact) mass is 365 g/mol. The van der Waals surface area contributed by atoms with Gasteiger partial charge in [0.2, 0.25) is 0 Å². The molecule has 1 unspecified atom stereocenters. The summed E-state index contributed by atoms with van der Waals surface area (Å²) in [5.74, 6) is 0.142. The first-order chi connectivity index (χ1) is 12.8. The van der Waals surface area contributed by atoms with Crippen molar-refractivity contribution in [3.05, 3.63) is 41.0 Å². The van der Waals surface area contributed by atoms with Gasteiger partial charge in [-0.2, -0.15) is 0 Å². The summed E-state index contributed by atoms with van der Waals surface area (Å²) in [6.45, 7) is 5.93. The van der Waals surface area contributed by atoms with Crippen molar-refractivity contribution in [2.75, 3.05) is 5.32 Å². The molecule has 2 aliphatic rings. The molecule has 1 aliphatic carbocycles. The number of halogens is 1. The first-order valence-electron chi connectivity index (χ1n) is 9.14. The van der Waals surface area contributed by atoms with E-state index in [0.717, 1.165) is 24.2 Å². The van der Waals surface area contributed by atoms with Crippen LogP contribution in [0.3, 0.4) is 0 Å². The number of hydrogen-bond donors (Lipinski definition) is 3. The second-order valence-corrected chi connectivity index (χ2v) is 7.84. The van der Waals surface area contributed by atoms with Crippen LogP contribution in [0.25, 0.3) is 22.3 Å². The third kappa shape index (κ3) is 2.49. The lowest BCUT2D eigenvalue weighted by molar-refractivity contribution is 0.0958. The number of hydrogen-bond acceptors (Lipinski definition) is 4. The van der Waals surface area contributed by atoms with Crippen molar-refractivity contribution in [3.8, 4) is 11.3 Å². The van der Waals surface area contributed by atoms with Gasteiger partial charge in [-0.1, -0.05) is 0 Å². The Hall–Kier alpha value is -2.96. The van der Waals surface area contributed by atoms with Crippen LogP contribution in [-0.2, 0) is 0 Å². The first kappa shape index (κ1) is 16.2. The standard InChI is InChI=1S/C20H20FN5O/c1-9-16-11(19(27)23-9)8-14(24-16)15-12(21)4-5-13-17(15)25-18(10(2)22-13)26-20(3)6-7-20/h4-5,8-9,24H,6-7H2,1-3H3,(H,23,27)(H,25,26). The summed E-state index contributed by atoms with van der Waals surface area (Å²) in [5, 5.41) is 6.27. The number of rotatable bonds is 3. The molecule has 6 nitrogen and oxygen atoms in total. The zero-order chi connectivity index (χ0) is 18.9. The molecule has 0 bridgehead atoms. The van der Waals surface area contributed by atoms with E-state index in [4.69, 9.17) is 4.98 Å². The minimum atomic E-state index is -0.391. The Morgan fingerprint density at radius 3 is 2.78 bits per heavy atom. The summed E-state index contributed by atoms with van der Waals surface area (Å²) in [6.07, 6.45) is 2.16. The molecule has 1 fully saturated rings. The van der Waals surface area contributed by atoms with Crippen molar-refractivity contribution in [2.45, 2.75) is 45.2 Å². The maximum atomic E-state index is 14.8. The van der Waals surface area contributed by atoms with E-state index in [2.05, 4.69) is 27.5 Å². The molecule has 0 radical (unpaired) electrons. The molecule has 138 valence electrons. The van der Waals surface area contributed by atoms with Crippen LogP contribution in [0.1, 0.15) is 54.5 Å². The van der Waals surface area contributed by atoms with E-state index in [1.54, 1.807) is 12.1 Å². The number of aromatic nitrogens is 3. The lowest BCUT2D eigenvalue weighted by atomic mass is 10.1. The number of amides is 1. The van der Waals surface area contributed by atoms with Crippen molar-refractivity contribution in [3.63, 3.8) is 0 Å². The fourth-order valence-corrected chi connectivity index (χ4v) is 3.64. The predicted molar refractivity (Wildman–Crippen MR) is 101 cm³/mol. The molecule has 1 amide bonds. The third-order valence-electron chi connectivity index (χ3n) is 5.52. The number of aryl methyl sites for hydroxylation is 1. The van der Waals surface area contributed by atoms with E-state index in [1.807, 2.05) is 13.8 Å². The highest BCUT2D eigenvalue weighted by atomic mass is 19.1. The maximum Gasteiger partial charge on any atom is 0.253 e. The molecule has 2 aromatic heterocycles. The van der Waals surface area contributed by atoms with Crippen LogP contribution < -0.4 is 10.6 Å². The summed E-state index contributed by atoms with van der Waals surface area (Å²) in [7, 11) is 0. The molecule has 7 heteroatoms. The smallest absolute Gasteiger partial charge is 0.253 e. The van der Waals surface area contributed by atoms with Gasteiger partial charge in [0.25, 0.3) is 5.91 Å². The zero-order valence-corrected chi connectivity index (χ0v) is 15.4. The lowest BCUT2D eigenvalue weighted by Crippen LogP contribution is -2.18. The molecule has 27 heavy (non-hydrogen) atoms. The van der Waals surface area contributed by atoms with Gasteiger partial charge in [-0.25, -0.2) is 14.4 Å². The molecular weight excluding hydrogens is 345 g/mol. The molecule has 0 saturated heterocycles. The molecule has 3 aromatic rings. The summed E-state index contributed by atoms with van der Waals surface area (Å²) >= 11 is 0. The number of carbonyl (C=O) groups is 1. The molecule has 1 saturated carbocycles. The van der Waals surface area contributed by atoms with Crippen molar-refractivity contribution >= 4 is 22.8 Å². The van der Waals surface area contributed by atoms with Gasteiger partial charge in [0.05, 0.1) is 39.8 Å². The first-order valence-corrected chi connectivity index (χ1v) is 9.14. The van der Waals surface area contributed by atoms with Gasteiger partial charge in [-0.3, -0.25) is 4.79 Å². The van der Waals surface area contributed by atoms with Crippen molar-refractivity contribution in [2.24, 2.45) is 0 Å². The Kier molecular flexibility index (Phi) is 3.17. The van der Waals surface area contributed by atoms with Crippen LogP contribution >= 0.6 is 0 Å². The number of nitrogens with one attached hydrogen (secondary N) is 3. The highest BCUT2D eigenvalue weighted by Gasteiger charge is 2.38. The van der Waals surface area contributed by atoms with Gasteiger partial charge < -0.3 is 15.6 Å². The van der Waals surface area contributed by atoms with Crippen molar-refractivity contribution in [1.29, 1.82) is 0 Å². The summed E-state index contributed by atoms with van der Waals surface area (Å²) < 4.78 is 14.8. The minimum Gasteiger partial charge on any atom is -0.363 e. The Labute approximate surface area is 155 Å². The molecule has 3 N–H and O–H groups in total. The van der Waals surface area contributed by atoms with Crippen LogP contribution in [0, 0.1) is 12.7 Å². The van der Waals surface area contributed by atoms with E-state index < -0.39 is 5.82 Å².